The molecule has 0 unspecified atom stereocenters. The van der Waals surface area contributed by atoms with E-state index in [1.807, 2.05) is 6.07 Å². The third-order valence-electron chi connectivity index (χ3n) is 4.20. The van der Waals surface area contributed by atoms with Gasteiger partial charge in [-0.2, -0.15) is 0 Å². The number of nitro groups is 1. The van der Waals surface area contributed by atoms with Gasteiger partial charge in [0.2, 0.25) is 0 Å². The Balaban J connectivity index is 2.34. The standard InChI is InChI=1S/C18H20N2O4/c1-4-11(2)13-8-9-17(21)15(10-13)19-18(22)14-6-5-7-16(12(14)3)20(23)24/h5-11,21H,4H2,1-3H3,(H,19,22)/t11-/m0/s1. The van der Waals surface area contributed by atoms with Crippen molar-refractivity contribution in [2.75, 3.05) is 5.32 Å². The van der Waals surface area contributed by atoms with Crippen LogP contribution in [-0.4, -0.2) is 15.9 Å². The van der Waals surface area contributed by atoms with Crippen LogP contribution >= 0.6 is 0 Å². The molecule has 2 N–H and O–H groups in total. The molecule has 24 heavy (non-hydrogen) atoms. The Kier molecular flexibility index (Phi) is 5.18. The highest BCUT2D eigenvalue weighted by molar-refractivity contribution is 6.06. The summed E-state index contributed by atoms with van der Waals surface area (Å²) in [6, 6.07) is 9.43. The minimum Gasteiger partial charge on any atom is -0.506 e. The molecule has 0 spiro atoms. The van der Waals surface area contributed by atoms with Crippen LogP contribution in [0, 0.1) is 17.0 Å². The number of carbonyl (C=O) groups excluding carboxylic acids is 1. The Morgan fingerprint density at radius 3 is 2.67 bits per heavy atom. The molecule has 1 atom stereocenters. The summed E-state index contributed by atoms with van der Waals surface area (Å²) in [5, 5.41) is 23.6. The van der Waals surface area contributed by atoms with Gasteiger partial charge in [0.25, 0.3) is 11.6 Å². The number of rotatable bonds is 5. The average Bonchev–Trinajstić information content (AvgIpc) is 2.55. The SMILES string of the molecule is CC[C@H](C)c1ccc(O)c(NC(=O)c2cccc([N+](=O)[O-])c2C)c1. The van der Waals surface area contributed by atoms with Gasteiger partial charge in [0.1, 0.15) is 5.75 Å². The molecule has 0 aromatic heterocycles. The molecule has 0 fully saturated rings. The predicted octanol–water partition coefficient (Wildman–Crippen LogP) is 4.37. The number of phenolic OH excluding ortho intramolecular Hbond substituents is 1. The summed E-state index contributed by atoms with van der Waals surface area (Å²) in [6.07, 6.45) is 0.933. The van der Waals surface area contributed by atoms with Crippen molar-refractivity contribution >= 4 is 17.3 Å². The van der Waals surface area contributed by atoms with Crippen LogP contribution in [0.2, 0.25) is 0 Å². The number of nitro benzene ring substituents is 1. The van der Waals surface area contributed by atoms with E-state index in [-0.39, 0.29) is 22.6 Å². The lowest BCUT2D eigenvalue weighted by Gasteiger charge is -2.14. The second kappa shape index (κ2) is 7.12. The minimum absolute atomic E-state index is 0.0431. The van der Waals surface area contributed by atoms with Crippen molar-refractivity contribution in [2.45, 2.75) is 33.1 Å². The van der Waals surface area contributed by atoms with Crippen LogP contribution in [0.4, 0.5) is 11.4 Å². The summed E-state index contributed by atoms with van der Waals surface area (Å²) < 4.78 is 0. The molecule has 0 saturated carbocycles. The lowest BCUT2D eigenvalue weighted by molar-refractivity contribution is -0.385. The van der Waals surface area contributed by atoms with Gasteiger partial charge in [-0.3, -0.25) is 14.9 Å². The molecule has 2 aromatic carbocycles. The maximum atomic E-state index is 12.5. The molecule has 6 nitrogen and oxygen atoms in total. The van der Waals surface area contributed by atoms with Gasteiger partial charge in [-0.05, 0) is 43.0 Å². The maximum absolute atomic E-state index is 12.5. The highest BCUT2D eigenvalue weighted by Gasteiger charge is 2.19. The fourth-order valence-corrected chi connectivity index (χ4v) is 2.45. The van der Waals surface area contributed by atoms with Crippen LogP contribution in [0.5, 0.6) is 5.75 Å². The fourth-order valence-electron chi connectivity index (χ4n) is 2.45. The zero-order valence-corrected chi connectivity index (χ0v) is 13.9. The Bertz CT molecular complexity index is 787. The van der Waals surface area contributed by atoms with E-state index >= 15 is 0 Å². The Labute approximate surface area is 140 Å². The molecule has 1 amide bonds. The van der Waals surface area contributed by atoms with Crippen LogP contribution < -0.4 is 5.32 Å². The number of hydrogen-bond acceptors (Lipinski definition) is 4. The Morgan fingerprint density at radius 2 is 2.04 bits per heavy atom. The summed E-state index contributed by atoms with van der Waals surface area (Å²) in [7, 11) is 0. The molecule has 6 heteroatoms. The van der Waals surface area contributed by atoms with E-state index in [0.717, 1.165) is 12.0 Å². The summed E-state index contributed by atoms with van der Waals surface area (Å²) in [5.74, 6) is -0.243. The third-order valence-corrected chi connectivity index (χ3v) is 4.20. The number of benzene rings is 2. The van der Waals surface area contributed by atoms with E-state index < -0.39 is 10.8 Å². The molecule has 2 aromatic rings. The van der Waals surface area contributed by atoms with Gasteiger partial charge in [0.05, 0.1) is 10.6 Å². The van der Waals surface area contributed by atoms with Crippen molar-refractivity contribution in [2.24, 2.45) is 0 Å². The van der Waals surface area contributed by atoms with Gasteiger partial charge in [-0.25, -0.2) is 0 Å². The van der Waals surface area contributed by atoms with Gasteiger partial charge in [0.15, 0.2) is 0 Å². The van der Waals surface area contributed by atoms with Gasteiger partial charge in [-0.15, -0.1) is 0 Å². The quantitative estimate of drug-likeness (QED) is 0.484. The first kappa shape index (κ1) is 17.5. The predicted molar refractivity (Wildman–Crippen MR) is 92.6 cm³/mol. The first-order valence-electron chi connectivity index (χ1n) is 7.73. The molecule has 0 saturated heterocycles. The minimum atomic E-state index is -0.521. The monoisotopic (exact) mass is 328 g/mol. The van der Waals surface area contributed by atoms with E-state index in [4.69, 9.17) is 0 Å². The number of nitrogens with zero attached hydrogens (tertiary/aromatic N) is 1. The van der Waals surface area contributed by atoms with E-state index in [2.05, 4.69) is 19.2 Å². The second-order valence-corrected chi connectivity index (χ2v) is 5.75. The number of hydrogen-bond donors (Lipinski definition) is 2. The number of anilines is 1. The first-order valence-corrected chi connectivity index (χ1v) is 7.73. The van der Waals surface area contributed by atoms with Crippen LogP contribution in [0.1, 0.15) is 47.7 Å². The Morgan fingerprint density at radius 1 is 1.33 bits per heavy atom. The molecular weight excluding hydrogens is 308 g/mol. The van der Waals surface area contributed by atoms with Gasteiger partial charge in [0, 0.05) is 17.2 Å². The topological polar surface area (TPSA) is 92.5 Å². The first-order chi connectivity index (χ1) is 11.3. The number of carbonyl (C=O) groups is 1. The number of phenols is 1. The van der Waals surface area contributed by atoms with E-state index in [9.17, 15) is 20.0 Å². The van der Waals surface area contributed by atoms with Crippen molar-refractivity contribution in [3.05, 3.63) is 63.2 Å². The van der Waals surface area contributed by atoms with Crippen molar-refractivity contribution in [1.82, 2.24) is 0 Å². The molecule has 0 aliphatic carbocycles. The fraction of sp³-hybridized carbons (Fsp3) is 0.278. The smallest absolute Gasteiger partial charge is 0.273 e. The summed E-state index contributed by atoms with van der Waals surface area (Å²) in [6.45, 7) is 5.65. The van der Waals surface area contributed by atoms with Crippen LogP contribution in [0.25, 0.3) is 0 Å². The molecule has 2 rings (SSSR count). The zero-order chi connectivity index (χ0) is 17.9. The summed E-state index contributed by atoms with van der Waals surface area (Å²) >= 11 is 0. The molecule has 0 aliphatic heterocycles. The van der Waals surface area contributed by atoms with E-state index in [1.165, 1.54) is 31.2 Å². The normalized spacial score (nSPS) is 11.8. The number of amides is 1. The zero-order valence-electron chi connectivity index (χ0n) is 13.9. The molecule has 0 aliphatic rings. The largest absolute Gasteiger partial charge is 0.506 e. The lowest BCUT2D eigenvalue weighted by Crippen LogP contribution is -2.14. The van der Waals surface area contributed by atoms with Crippen molar-refractivity contribution in [3.63, 3.8) is 0 Å². The van der Waals surface area contributed by atoms with Crippen molar-refractivity contribution in [3.8, 4) is 5.75 Å². The number of aromatic hydroxyl groups is 1. The lowest BCUT2D eigenvalue weighted by atomic mass is 9.98. The summed E-state index contributed by atoms with van der Waals surface area (Å²) in [5.41, 5.74) is 1.68. The molecule has 0 radical (unpaired) electrons. The van der Waals surface area contributed by atoms with Gasteiger partial charge < -0.3 is 10.4 Å². The highest BCUT2D eigenvalue weighted by Crippen LogP contribution is 2.30. The van der Waals surface area contributed by atoms with E-state index in [0.29, 0.717) is 11.6 Å². The maximum Gasteiger partial charge on any atom is 0.273 e. The molecular formula is C18H20N2O4. The van der Waals surface area contributed by atoms with Crippen molar-refractivity contribution < 1.29 is 14.8 Å². The average molecular weight is 328 g/mol. The van der Waals surface area contributed by atoms with Gasteiger partial charge in [-0.1, -0.05) is 26.0 Å². The Hall–Kier alpha value is -2.89. The van der Waals surface area contributed by atoms with Crippen LogP contribution in [0.15, 0.2) is 36.4 Å². The van der Waals surface area contributed by atoms with Crippen LogP contribution in [0.3, 0.4) is 0 Å². The molecule has 126 valence electrons. The highest BCUT2D eigenvalue weighted by atomic mass is 16.6. The van der Waals surface area contributed by atoms with E-state index in [1.54, 1.807) is 6.07 Å². The second-order valence-electron chi connectivity index (χ2n) is 5.75. The van der Waals surface area contributed by atoms with Crippen LogP contribution in [-0.2, 0) is 0 Å². The molecule has 0 bridgehead atoms. The number of nitrogens with one attached hydrogen (secondary N) is 1. The van der Waals surface area contributed by atoms with Crippen molar-refractivity contribution in [1.29, 1.82) is 0 Å². The third kappa shape index (κ3) is 3.53. The molecule has 0 heterocycles. The summed E-state index contributed by atoms with van der Waals surface area (Å²) in [4.78, 5) is 22.9. The van der Waals surface area contributed by atoms with Gasteiger partial charge >= 0.3 is 0 Å².